The van der Waals surface area contributed by atoms with Crippen molar-refractivity contribution in [2.45, 2.75) is 0 Å². The first-order valence-corrected chi connectivity index (χ1v) is 3.88. The van der Waals surface area contributed by atoms with Crippen LogP contribution in [0.3, 0.4) is 0 Å². The Labute approximate surface area is 78.6 Å². The Morgan fingerprint density at radius 3 is 3.00 bits per heavy atom. The van der Waals surface area contributed by atoms with E-state index in [1.54, 1.807) is 12.1 Å². The van der Waals surface area contributed by atoms with Gasteiger partial charge in [0.2, 0.25) is 0 Å². The Bertz CT molecular complexity index is 492. The fourth-order valence-electron chi connectivity index (χ4n) is 1.33. The van der Waals surface area contributed by atoms with Gasteiger partial charge in [-0.05, 0) is 12.1 Å². The first-order valence-electron chi connectivity index (χ1n) is 3.88. The molecule has 0 atom stereocenters. The number of rotatable bonds is 2. The van der Waals surface area contributed by atoms with Crippen molar-refractivity contribution in [3.63, 3.8) is 0 Å². The summed E-state index contributed by atoms with van der Waals surface area (Å²) in [6.07, 6.45) is 1.53. The zero-order valence-corrected chi connectivity index (χ0v) is 7.35. The van der Waals surface area contributed by atoms with Crippen LogP contribution in [0.5, 0.6) is 5.75 Å². The number of nitrogens with one attached hydrogen (secondary N) is 1. The van der Waals surface area contributed by atoms with Crippen molar-refractivity contribution in [3.05, 3.63) is 28.4 Å². The normalized spacial score (nSPS) is 10.4. The molecule has 0 aliphatic heterocycles. The maximum absolute atomic E-state index is 10.8. The maximum atomic E-state index is 10.8. The molecular weight excluding hydrogens is 186 g/mol. The number of aromatic nitrogens is 2. The zero-order chi connectivity index (χ0) is 10.1. The summed E-state index contributed by atoms with van der Waals surface area (Å²) in [4.78, 5) is 10.3. The summed E-state index contributed by atoms with van der Waals surface area (Å²) in [6, 6.07) is 3.26. The Balaban J connectivity index is 2.82. The molecule has 0 saturated carbocycles. The van der Waals surface area contributed by atoms with Crippen molar-refractivity contribution in [2.24, 2.45) is 0 Å². The number of hydrogen-bond acceptors (Lipinski definition) is 4. The topological polar surface area (TPSA) is 81.0 Å². The minimum atomic E-state index is -0.487. The molecule has 1 aromatic heterocycles. The van der Waals surface area contributed by atoms with Crippen molar-refractivity contribution in [3.8, 4) is 5.75 Å². The van der Waals surface area contributed by atoms with Crippen LogP contribution in [0.2, 0.25) is 0 Å². The molecule has 0 unspecified atom stereocenters. The predicted molar refractivity (Wildman–Crippen MR) is 49.3 cm³/mol. The third-order valence-electron chi connectivity index (χ3n) is 1.96. The van der Waals surface area contributed by atoms with E-state index in [-0.39, 0.29) is 11.4 Å². The van der Waals surface area contributed by atoms with Crippen LogP contribution in [0.25, 0.3) is 10.9 Å². The van der Waals surface area contributed by atoms with E-state index in [1.807, 2.05) is 0 Å². The number of fused-ring (bicyclic) bond motifs is 1. The molecule has 1 heterocycles. The molecule has 0 spiro atoms. The minimum Gasteiger partial charge on any atom is -0.490 e. The zero-order valence-electron chi connectivity index (χ0n) is 7.35. The van der Waals surface area contributed by atoms with E-state index in [9.17, 15) is 10.1 Å². The number of hydrogen-bond donors (Lipinski definition) is 1. The molecule has 14 heavy (non-hydrogen) atoms. The van der Waals surface area contributed by atoms with Gasteiger partial charge in [-0.3, -0.25) is 15.2 Å². The third-order valence-corrected chi connectivity index (χ3v) is 1.96. The van der Waals surface area contributed by atoms with Gasteiger partial charge >= 0.3 is 5.69 Å². The van der Waals surface area contributed by atoms with Gasteiger partial charge in [0.15, 0.2) is 5.75 Å². The molecule has 0 fully saturated rings. The van der Waals surface area contributed by atoms with E-state index in [0.717, 1.165) is 0 Å². The van der Waals surface area contributed by atoms with Gasteiger partial charge in [0.1, 0.15) is 5.52 Å². The van der Waals surface area contributed by atoms with Crippen LogP contribution in [0.1, 0.15) is 0 Å². The summed E-state index contributed by atoms with van der Waals surface area (Å²) in [6.45, 7) is 0. The number of methoxy groups -OCH3 is 1. The van der Waals surface area contributed by atoms with Gasteiger partial charge in [-0.25, -0.2) is 0 Å². The van der Waals surface area contributed by atoms with Gasteiger partial charge < -0.3 is 4.74 Å². The smallest absolute Gasteiger partial charge is 0.336 e. The van der Waals surface area contributed by atoms with Crippen LogP contribution in [0.15, 0.2) is 18.3 Å². The molecule has 0 aliphatic rings. The quantitative estimate of drug-likeness (QED) is 0.578. The second-order valence-corrected chi connectivity index (χ2v) is 2.71. The molecule has 0 bridgehead atoms. The van der Waals surface area contributed by atoms with Gasteiger partial charge in [0, 0.05) is 5.39 Å². The third kappa shape index (κ3) is 1.08. The van der Waals surface area contributed by atoms with Gasteiger partial charge in [-0.1, -0.05) is 0 Å². The average Bonchev–Trinajstić information content (AvgIpc) is 2.62. The molecule has 72 valence electrons. The summed E-state index contributed by atoms with van der Waals surface area (Å²) >= 11 is 0. The van der Waals surface area contributed by atoms with Crippen molar-refractivity contribution in [2.75, 3.05) is 7.11 Å². The maximum Gasteiger partial charge on any atom is 0.336 e. The highest BCUT2D eigenvalue weighted by molar-refractivity contribution is 5.89. The lowest BCUT2D eigenvalue weighted by atomic mass is 10.2. The first-order chi connectivity index (χ1) is 6.74. The summed E-state index contributed by atoms with van der Waals surface area (Å²) in [5.41, 5.74) is 0.303. The molecule has 2 rings (SSSR count). The van der Waals surface area contributed by atoms with E-state index in [1.165, 1.54) is 13.3 Å². The summed E-state index contributed by atoms with van der Waals surface area (Å²) in [5, 5.41) is 17.8. The highest BCUT2D eigenvalue weighted by Gasteiger charge is 2.20. The van der Waals surface area contributed by atoms with Crippen molar-refractivity contribution in [1.82, 2.24) is 10.2 Å². The van der Waals surface area contributed by atoms with E-state index < -0.39 is 4.92 Å². The van der Waals surface area contributed by atoms with Crippen LogP contribution >= 0.6 is 0 Å². The SMILES string of the molecule is COc1ccc2cn[nH]c2c1[N+](=O)[O-]. The Morgan fingerprint density at radius 2 is 2.36 bits per heavy atom. The standard InChI is InChI=1S/C8H7N3O3/c1-14-6-3-2-5-4-9-10-7(5)8(6)11(12)13/h2-4H,1H3,(H,9,10). The highest BCUT2D eigenvalue weighted by Crippen LogP contribution is 2.33. The van der Waals surface area contributed by atoms with Crippen LogP contribution < -0.4 is 4.74 Å². The number of H-pyrrole nitrogens is 1. The summed E-state index contributed by atoms with van der Waals surface area (Å²) in [5.74, 6) is 0.228. The number of nitrogens with zero attached hydrogens (tertiary/aromatic N) is 2. The summed E-state index contributed by atoms with van der Waals surface area (Å²) in [7, 11) is 1.39. The largest absolute Gasteiger partial charge is 0.490 e. The molecule has 2 aromatic rings. The fourth-order valence-corrected chi connectivity index (χ4v) is 1.33. The molecule has 0 saturated heterocycles. The fraction of sp³-hybridized carbons (Fsp3) is 0.125. The van der Waals surface area contributed by atoms with E-state index in [2.05, 4.69) is 10.2 Å². The van der Waals surface area contributed by atoms with E-state index in [0.29, 0.717) is 10.9 Å². The Kier molecular flexibility index (Phi) is 1.81. The van der Waals surface area contributed by atoms with Gasteiger partial charge in [-0.2, -0.15) is 5.10 Å². The Hall–Kier alpha value is -2.11. The van der Waals surface area contributed by atoms with E-state index in [4.69, 9.17) is 4.74 Å². The van der Waals surface area contributed by atoms with Crippen molar-refractivity contribution < 1.29 is 9.66 Å². The van der Waals surface area contributed by atoms with E-state index >= 15 is 0 Å². The lowest BCUT2D eigenvalue weighted by Gasteiger charge is -2.00. The number of ether oxygens (including phenoxy) is 1. The molecule has 0 amide bonds. The van der Waals surface area contributed by atoms with Crippen molar-refractivity contribution in [1.29, 1.82) is 0 Å². The lowest BCUT2D eigenvalue weighted by Crippen LogP contribution is -1.94. The molecule has 0 radical (unpaired) electrons. The number of nitro benzene ring substituents is 1. The molecule has 6 nitrogen and oxygen atoms in total. The lowest BCUT2D eigenvalue weighted by molar-refractivity contribution is -0.384. The first kappa shape index (κ1) is 8.49. The second-order valence-electron chi connectivity index (χ2n) is 2.71. The highest BCUT2D eigenvalue weighted by atomic mass is 16.6. The minimum absolute atomic E-state index is 0.0810. The number of benzene rings is 1. The molecule has 6 heteroatoms. The van der Waals surface area contributed by atoms with Gasteiger partial charge in [0.25, 0.3) is 0 Å². The summed E-state index contributed by atoms with van der Waals surface area (Å²) < 4.78 is 4.89. The number of aromatic amines is 1. The van der Waals surface area contributed by atoms with Crippen LogP contribution in [-0.4, -0.2) is 22.2 Å². The average molecular weight is 193 g/mol. The molecule has 1 N–H and O–H groups in total. The molecule has 1 aromatic carbocycles. The van der Waals surface area contributed by atoms with Crippen LogP contribution in [0.4, 0.5) is 5.69 Å². The Morgan fingerprint density at radius 1 is 1.57 bits per heavy atom. The van der Waals surface area contributed by atoms with Crippen LogP contribution in [-0.2, 0) is 0 Å². The monoisotopic (exact) mass is 193 g/mol. The number of nitro groups is 1. The van der Waals surface area contributed by atoms with Gasteiger partial charge in [-0.15, -0.1) is 0 Å². The molecular formula is C8H7N3O3. The van der Waals surface area contributed by atoms with Crippen molar-refractivity contribution >= 4 is 16.6 Å². The predicted octanol–water partition coefficient (Wildman–Crippen LogP) is 1.48. The van der Waals surface area contributed by atoms with Crippen LogP contribution in [0, 0.1) is 10.1 Å². The second kappa shape index (κ2) is 2.99. The molecule has 0 aliphatic carbocycles. The van der Waals surface area contributed by atoms with Gasteiger partial charge in [0.05, 0.1) is 18.2 Å².